The first-order valence-electron chi connectivity index (χ1n) is 9.36. The maximum Gasteiger partial charge on any atom is 0.229 e. The standard InChI is InChI=1S/C21H20O10/c22-7-14-16(26)17(27)18(28)21(30-14)31-20-13(24)6-5-11-15(25)12(8-29-19(11)20)9-1-3-10(23)4-2-9/h1-6,8,14,16-18,21-24,26-28H,7H2/t14-,16-,17+,18-,21-/m0/s1. The Morgan fingerprint density at radius 1 is 0.935 bits per heavy atom. The lowest BCUT2D eigenvalue weighted by Gasteiger charge is -2.39. The van der Waals surface area contributed by atoms with Crippen molar-refractivity contribution in [3.05, 3.63) is 52.9 Å². The van der Waals surface area contributed by atoms with Gasteiger partial charge in [0.1, 0.15) is 36.4 Å². The van der Waals surface area contributed by atoms with Crippen LogP contribution in [0.5, 0.6) is 17.2 Å². The number of ether oxygens (including phenoxy) is 2. The number of hydrogen-bond donors (Lipinski definition) is 6. The van der Waals surface area contributed by atoms with Crippen LogP contribution in [0.15, 0.2) is 51.9 Å². The van der Waals surface area contributed by atoms with Crippen LogP contribution in [0.2, 0.25) is 0 Å². The number of aromatic hydroxyl groups is 2. The molecule has 0 aliphatic carbocycles. The minimum absolute atomic E-state index is 0.0362. The first kappa shape index (κ1) is 21.1. The molecule has 0 spiro atoms. The highest BCUT2D eigenvalue weighted by molar-refractivity contribution is 5.88. The number of hydrogen-bond acceptors (Lipinski definition) is 10. The molecule has 1 aliphatic heterocycles. The summed E-state index contributed by atoms with van der Waals surface area (Å²) >= 11 is 0. The van der Waals surface area contributed by atoms with E-state index in [2.05, 4.69) is 0 Å². The summed E-state index contributed by atoms with van der Waals surface area (Å²) in [5.41, 5.74) is 0.130. The van der Waals surface area contributed by atoms with Gasteiger partial charge in [-0.25, -0.2) is 0 Å². The van der Waals surface area contributed by atoms with Gasteiger partial charge in [-0.05, 0) is 29.8 Å². The van der Waals surface area contributed by atoms with E-state index in [-0.39, 0.29) is 28.0 Å². The van der Waals surface area contributed by atoms with Gasteiger partial charge in [-0.1, -0.05) is 12.1 Å². The first-order chi connectivity index (χ1) is 14.8. The highest BCUT2D eigenvalue weighted by Gasteiger charge is 2.45. The molecule has 10 heteroatoms. The third-order valence-electron chi connectivity index (χ3n) is 5.14. The number of aliphatic hydroxyl groups excluding tert-OH is 4. The Hall–Kier alpha value is -3.15. The molecule has 0 saturated carbocycles. The molecule has 6 N–H and O–H groups in total. The Labute approximate surface area is 174 Å². The van der Waals surface area contributed by atoms with Crippen LogP contribution in [0.3, 0.4) is 0 Å². The van der Waals surface area contributed by atoms with Gasteiger partial charge in [-0.3, -0.25) is 4.79 Å². The summed E-state index contributed by atoms with van der Waals surface area (Å²) in [6.45, 7) is -0.655. The molecule has 0 amide bonds. The van der Waals surface area contributed by atoms with Crippen LogP contribution < -0.4 is 10.2 Å². The highest BCUT2D eigenvalue weighted by Crippen LogP contribution is 2.37. The van der Waals surface area contributed by atoms with E-state index in [1.807, 2.05) is 0 Å². The van der Waals surface area contributed by atoms with Crippen molar-refractivity contribution in [1.29, 1.82) is 0 Å². The predicted molar refractivity (Wildman–Crippen MR) is 106 cm³/mol. The summed E-state index contributed by atoms with van der Waals surface area (Å²) in [5.74, 6) is -0.713. The fourth-order valence-corrected chi connectivity index (χ4v) is 3.40. The Morgan fingerprint density at radius 2 is 1.65 bits per heavy atom. The van der Waals surface area contributed by atoms with Crippen LogP contribution in [0.25, 0.3) is 22.1 Å². The zero-order valence-corrected chi connectivity index (χ0v) is 16.0. The van der Waals surface area contributed by atoms with Gasteiger partial charge in [-0.2, -0.15) is 0 Å². The maximum atomic E-state index is 13.0. The molecule has 2 aromatic carbocycles. The van der Waals surface area contributed by atoms with Crippen LogP contribution in [-0.2, 0) is 4.74 Å². The normalized spacial score (nSPS) is 26.1. The molecule has 10 nitrogen and oxygen atoms in total. The Kier molecular flexibility index (Phi) is 5.56. The van der Waals surface area contributed by atoms with E-state index in [1.54, 1.807) is 12.1 Å². The van der Waals surface area contributed by atoms with Gasteiger partial charge in [0.05, 0.1) is 17.6 Å². The molecule has 0 radical (unpaired) electrons. The molecule has 31 heavy (non-hydrogen) atoms. The summed E-state index contributed by atoms with van der Waals surface area (Å²) < 4.78 is 16.3. The van der Waals surface area contributed by atoms with Crippen molar-refractivity contribution < 1.29 is 44.5 Å². The van der Waals surface area contributed by atoms with Crippen LogP contribution >= 0.6 is 0 Å². The van der Waals surface area contributed by atoms with Gasteiger partial charge in [-0.15, -0.1) is 0 Å². The van der Waals surface area contributed by atoms with Gasteiger partial charge in [0.2, 0.25) is 17.5 Å². The summed E-state index contributed by atoms with van der Waals surface area (Å²) in [6.07, 6.45) is -6.59. The number of benzene rings is 2. The lowest BCUT2D eigenvalue weighted by molar-refractivity contribution is -0.277. The van der Waals surface area contributed by atoms with Crippen molar-refractivity contribution in [2.75, 3.05) is 6.61 Å². The largest absolute Gasteiger partial charge is 0.508 e. The molecule has 3 aromatic rings. The molecule has 1 aromatic heterocycles. The Balaban J connectivity index is 1.75. The third-order valence-corrected chi connectivity index (χ3v) is 5.14. The molecular formula is C21H20O10. The number of fused-ring (bicyclic) bond motifs is 1. The van der Waals surface area contributed by atoms with Crippen molar-refractivity contribution in [2.45, 2.75) is 30.7 Å². The average molecular weight is 432 g/mol. The molecule has 1 saturated heterocycles. The van der Waals surface area contributed by atoms with Crippen LogP contribution in [0.4, 0.5) is 0 Å². The number of phenols is 2. The first-order valence-corrected chi connectivity index (χ1v) is 9.36. The van der Waals surface area contributed by atoms with E-state index in [9.17, 15) is 35.4 Å². The van der Waals surface area contributed by atoms with Crippen LogP contribution in [-0.4, -0.2) is 68.0 Å². The summed E-state index contributed by atoms with van der Waals surface area (Å²) in [4.78, 5) is 13.0. The van der Waals surface area contributed by atoms with Gasteiger partial charge in [0, 0.05) is 0 Å². The SMILES string of the molecule is O=c1c(-c2ccc(O)cc2)coc2c(O[C@@H]3O[C@@H](CO)[C@H](O)[C@@H](O)[C@@H]3O)c(O)ccc12. The molecular weight excluding hydrogens is 412 g/mol. The lowest BCUT2D eigenvalue weighted by Crippen LogP contribution is -2.60. The van der Waals surface area contributed by atoms with Crippen LogP contribution in [0, 0.1) is 0 Å². The lowest BCUT2D eigenvalue weighted by atomic mass is 9.99. The monoisotopic (exact) mass is 432 g/mol. The summed E-state index contributed by atoms with van der Waals surface area (Å²) in [5, 5.41) is 59.1. The van der Waals surface area contributed by atoms with E-state index in [0.29, 0.717) is 5.56 Å². The van der Waals surface area contributed by atoms with E-state index >= 15 is 0 Å². The Bertz CT molecular complexity index is 1140. The van der Waals surface area contributed by atoms with E-state index < -0.39 is 48.5 Å². The second kappa shape index (κ2) is 8.17. The van der Waals surface area contributed by atoms with Gasteiger partial charge in [0.15, 0.2) is 11.3 Å². The Morgan fingerprint density at radius 3 is 2.32 bits per heavy atom. The zero-order valence-electron chi connectivity index (χ0n) is 16.0. The van der Waals surface area contributed by atoms with Crippen molar-refractivity contribution in [3.63, 3.8) is 0 Å². The number of rotatable bonds is 4. The van der Waals surface area contributed by atoms with E-state index in [1.165, 1.54) is 24.3 Å². The summed E-state index contributed by atoms with van der Waals surface area (Å²) in [7, 11) is 0. The van der Waals surface area contributed by atoms with Crippen molar-refractivity contribution in [3.8, 4) is 28.4 Å². The number of phenolic OH excluding ortho intramolecular Hbond substituents is 2. The molecule has 5 atom stereocenters. The van der Waals surface area contributed by atoms with E-state index in [0.717, 1.165) is 6.26 Å². The highest BCUT2D eigenvalue weighted by atomic mass is 16.7. The minimum atomic E-state index is -1.71. The molecule has 0 bridgehead atoms. The fourth-order valence-electron chi connectivity index (χ4n) is 3.40. The molecule has 0 unspecified atom stereocenters. The third kappa shape index (κ3) is 3.71. The fraction of sp³-hybridized carbons (Fsp3) is 0.286. The maximum absolute atomic E-state index is 13.0. The van der Waals surface area contributed by atoms with Crippen molar-refractivity contribution in [1.82, 2.24) is 0 Å². The van der Waals surface area contributed by atoms with Crippen molar-refractivity contribution >= 4 is 11.0 Å². The summed E-state index contributed by atoms with van der Waals surface area (Å²) in [6, 6.07) is 8.45. The second-order valence-electron chi connectivity index (χ2n) is 7.13. The van der Waals surface area contributed by atoms with Gasteiger partial charge < -0.3 is 44.5 Å². The number of aliphatic hydroxyl groups is 4. The smallest absolute Gasteiger partial charge is 0.229 e. The average Bonchev–Trinajstić information content (AvgIpc) is 2.76. The molecule has 1 fully saturated rings. The van der Waals surface area contributed by atoms with Crippen LogP contribution in [0.1, 0.15) is 0 Å². The van der Waals surface area contributed by atoms with Crippen molar-refractivity contribution in [2.24, 2.45) is 0 Å². The molecule has 2 heterocycles. The molecule has 4 rings (SSSR count). The topological polar surface area (TPSA) is 170 Å². The molecule has 164 valence electrons. The van der Waals surface area contributed by atoms with Gasteiger partial charge in [0.25, 0.3) is 0 Å². The zero-order chi connectivity index (χ0) is 22.3. The minimum Gasteiger partial charge on any atom is -0.508 e. The predicted octanol–water partition coefficient (Wildman–Crippen LogP) is 0.0499. The van der Waals surface area contributed by atoms with E-state index in [4.69, 9.17) is 13.9 Å². The quantitative estimate of drug-likeness (QED) is 0.331. The van der Waals surface area contributed by atoms with Gasteiger partial charge >= 0.3 is 0 Å². The molecule has 1 aliphatic rings. The second-order valence-corrected chi connectivity index (χ2v) is 7.13.